The molecular weight excluding hydrogens is 396 g/mol. The predicted molar refractivity (Wildman–Crippen MR) is 123 cm³/mol. The van der Waals surface area contributed by atoms with Crippen molar-refractivity contribution >= 4 is 34.0 Å². The predicted octanol–water partition coefficient (Wildman–Crippen LogP) is 4.86. The van der Waals surface area contributed by atoms with E-state index in [9.17, 15) is 9.59 Å². The van der Waals surface area contributed by atoms with Gasteiger partial charge in [-0.25, -0.2) is 4.98 Å². The molecule has 0 fully saturated rings. The fraction of sp³-hybridized carbons (Fsp3) is 0.261. The lowest BCUT2D eigenvalue weighted by Crippen LogP contribution is -2.22. The first kappa shape index (κ1) is 21.7. The molecule has 0 aliphatic heterocycles. The maximum atomic E-state index is 12.6. The SMILES string of the molecule is CCN(CC)Cc1ccc(C(=O)Nc2nc(-c3ccc(NC(C)=O)cc3)cs2)cc1. The molecular formula is C23H26N4O2S. The van der Waals surface area contributed by atoms with Crippen molar-refractivity contribution < 1.29 is 9.59 Å². The minimum absolute atomic E-state index is 0.109. The van der Waals surface area contributed by atoms with Crippen LogP contribution in [0.2, 0.25) is 0 Å². The van der Waals surface area contributed by atoms with Crippen LogP contribution in [0, 0.1) is 0 Å². The van der Waals surface area contributed by atoms with Crippen LogP contribution in [0.3, 0.4) is 0 Å². The Kier molecular flexibility index (Phi) is 7.32. The van der Waals surface area contributed by atoms with Crippen LogP contribution in [0.15, 0.2) is 53.9 Å². The molecule has 3 aromatic rings. The van der Waals surface area contributed by atoms with Crippen molar-refractivity contribution in [2.45, 2.75) is 27.3 Å². The summed E-state index contributed by atoms with van der Waals surface area (Å²) in [4.78, 5) is 30.5. The van der Waals surface area contributed by atoms with E-state index < -0.39 is 0 Å². The van der Waals surface area contributed by atoms with Crippen molar-refractivity contribution in [1.82, 2.24) is 9.88 Å². The lowest BCUT2D eigenvalue weighted by atomic mass is 10.1. The van der Waals surface area contributed by atoms with Crippen molar-refractivity contribution in [3.05, 3.63) is 65.0 Å². The highest BCUT2D eigenvalue weighted by Gasteiger charge is 2.11. The Balaban J connectivity index is 1.62. The summed E-state index contributed by atoms with van der Waals surface area (Å²) in [6.45, 7) is 8.64. The fourth-order valence-corrected chi connectivity index (χ4v) is 3.74. The smallest absolute Gasteiger partial charge is 0.257 e. The van der Waals surface area contributed by atoms with Gasteiger partial charge in [-0.3, -0.25) is 19.8 Å². The third-order valence-corrected chi connectivity index (χ3v) is 5.50. The third kappa shape index (κ3) is 5.75. The minimum Gasteiger partial charge on any atom is -0.326 e. The van der Waals surface area contributed by atoms with E-state index in [1.807, 2.05) is 53.9 Å². The molecule has 0 atom stereocenters. The molecule has 1 heterocycles. The Morgan fingerprint density at radius 1 is 0.967 bits per heavy atom. The molecule has 0 saturated carbocycles. The molecule has 7 heteroatoms. The molecule has 30 heavy (non-hydrogen) atoms. The Labute approximate surface area is 181 Å². The quantitative estimate of drug-likeness (QED) is 0.543. The van der Waals surface area contributed by atoms with Crippen molar-refractivity contribution in [2.75, 3.05) is 23.7 Å². The Morgan fingerprint density at radius 2 is 1.63 bits per heavy atom. The number of hydrogen-bond donors (Lipinski definition) is 2. The van der Waals surface area contributed by atoms with Crippen LogP contribution in [0.4, 0.5) is 10.8 Å². The van der Waals surface area contributed by atoms with Gasteiger partial charge in [0.2, 0.25) is 5.91 Å². The van der Waals surface area contributed by atoms with Gasteiger partial charge in [-0.2, -0.15) is 0 Å². The highest BCUT2D eigenvalue weighted by molar-refractivity contribution is 7.14. The van der Waals surface area contributed by atoms with Gasteiger partial charge in [0.05, 0.1) is 5.69 Å². The van der Waals surface area contributed by atoms with E-state index in [0.29, 0.717) is 10.7 Å². The number of carbonyl (C=O) groups is 2. The average molecular weight is 423 g/mol. The first-order valence-corrected chi connectivity index (χ1v) is 10.8. The van der Waals surface area contributed by atoms with E-state index in [4.69, 9.17) is 0 Å². The van der Waals surface area contributed by atoms with E-state index in [-0.39, 0.29) is 11.8 Å². The van der Waals surface area contributed by atoms with Crippen LogP contribution < -0.4 is 10.6 Å². The molecule has 3 rings (SSSR count). The van der Waals surface area contributed by atoms with Gasteiger partial charge in [-0.15, -0.1) is 11.3 Å². The van der Waals surface area contributed by atoms with Crippen LogP contribution in [0.1, 0.15) is 36.7 Å². The van der Waals surface area contributed by atoms with Gasteiger partial charge in [-0.05, 0) is 42.9 Å². The molecule has 0 unspecified atom stereocenters. The number of hydrogen-bond acceptors (Lipinski definition) is 5. The van der Waals surface area contributed by atoms with Crippen LogP contribution >= 0.6 is 11.3 Å². The second kappa shape index (κ2) is 10.1. The van der Waals surface area contributed by atoms with Crippen LogP contribution in [0.25, 0.3) is 11.3 Å². The van der Waals surface area contributed by atoms with Gasteiger partial charge in [-0.1, -0.05) is 38.1 Å². The van der Waals surface area contributed by atoms with Crippen LogP contribution in [-0.4, -0.2) is 34.8 Å². The van der Waals surface area contributed by atoms with E-state index in [0.717, 1.165) is 36.6 Å². The largest absolute Gasteiger partial charge is 0.326 e. The number of thiazole rings is 1. The molecule has 0 saturated heterocycles. The summed E-state index contributed by atoms with van der Waals surface area (Å²) in [5.41, 5.74) is 4.23. The zero-order valence-electron chi connectivity index (χ0n) is 17.4. The second-order valence-electron chi connectivity index (χ2n) is 6.91. The molecule has 0 aliphatic carbocycles. The van der Waals surface area contributed by atoms with Gasteiger partial charge >= 0.3 is 0 Å². The maximum absolute atomic E-state index is 12.6. The van der Waals surface area contributed by atoms with Gasteiger partial charge in [0, 0.05) is 35.7 Å². The zero-order chi connectivity index (χ0) is 21.5. The normalized spacial score (nSPS) is 10.8. The van der Waals surface area contributed by atoms with Gasteiger partial charge in [0.1, 0.15) is 0 Å². The first-order valence-electron chi connectivity index (χ1n) is 9.94. The van der Waals surface area contributed by atoms with Crippen LogP contribution in [-0.2, 0) is 11.3 Å². The highest BCUT2D eigenvalue weighted by atomic mass is 32.1. The summed E-state index contributed by atoms with van der Waals surface area (Å²) in [5, 5.41) is 8.06. The number of amides is 2. The average Bonchev–Trinajstić information content (AvgIpc) is 3.21. The molecule has 0 radical (unpaired) electrons. The molecule has 156 valence electrons. The lowest BCUT2D eigenvalue weighted by Gasteiger charge is -2.17. The van der Waals surface area contributed by atoms with Crippen LogP contribution in [0.5, 0.6) is 0 Å². The third-order valence-electron chi connectivity index (χ3n) is 4.74. The van der Waals surface area contributed by atoms with Crippen molar-refractivity contribution in [1.29, 1.82) is 0 Å². The minimum atomic E-state index is -0.175. The molecule has 0 bridgehead atoms. The summed E-state index contributed by atoms with van der Waals surface area (Å²) in [7, 11) is 0. The van der Waals surface area contributed by atoms with E-state index in [1.54, 1.807) is 0 Å². The zero-order valence-corrected chi connectivity index (χ0v) is 18.3. The summed E-state index contributed by atoms with van der Waals surface area (Å²) in [6, 6.07) is 15.1. The molecule has 1 aromatic heterocycles. The van der Waals surface area contributed by atoms with Crippen molar-refractivity contribution in [2.24, 2.45) is 0 Å². The summed E-state index contributed by atoms with van der Waals surface area (Å²) in [5.74, 6) is -0.284. The number of carbonyl (C=O) groups excluding carboxylic acids is 2. The maximum Gasteiger partial charge on any atom is 0.257 e. The van der Waals surface area contributed by atoms with Gasteiger partial charge in [0.15, 0.2) is 5.13 Å². The van der Waals surface area contributed by atoms with Gasteiger partial charge in [0.25, 0.3) is 5.91 Å². The molecule has 0 spiro atoms. The van der Waals surface area contributed by atoms with E-state index in [1.165, 1.54) is 23.8 Å². The van der Waals surface area contributed by atoms with Crippen molar-refractivity contribution in [3.63, 3.8) is 0 Å². The summed E-state index contributed by atoms with van der Waals surface area (Å²) in [6.07, 6.45) is 0. The Hall–Kier alpha value is -3.03. The number of benzene rings is 2. The Morgan fingerprint density at radius 3 is 2.23 bits per heavy atom. The monoisotopic (exact) mass is 422 g/mol. The molecule has 6 nitrogen and oxygen atoms in total. The summed E-state index contributed by atoms with van der Waals surface area (Å²) < 4.78 is 0. The number of nitrogens with zero attached hydrogens (tertiary/aromatic N) is 2. The highest BCUT2D eigenvalue weighted by Crippen LogP contribution is 2.26. The lowest BCUT2D eigenvalue weighted by molar-refractivity contribution is -0.114. The fourth-order valence-electron chi connectivity index (χ4n) is 3.03. The first-order chi connectivity index (χ1) is 14.5. The van der Waals surface area contributed by atoms with Crippen molar-refractivity contribution in [3.8, 4) is 11.3 Å². The molecule has 2 N–H and O–H groups in total. The summed E-state index contributed by atoms with van der Waals surface area (Å²) >= 11 is 1.38. The molecule has 0 aliphatic rings. The molecule has 2 amide bonds. The van der Waals surface area contributed by atoms with E-state index in [2.05, 4.69) is 34.4 Å². The number of anilines is 2. The van der Waals surface area contributed by atoms with E-state index >= 15 is 0 Å². The topological polar surface area (TPSA) is 74.3 Å². The number of aromatic nitrogens is 1. The standard InChI is InChI=1S/C23H26N4O2S/c1-4-27(5-2)14-17-6-8-19(9-7-17)22(29)26-23-25-21(15-30-23)18-10-12-20(13-11-18)24-16(3)28/h6-13,15H,4-5,14H2,1-3H3,(H,24,28)(H,25,26,29). The second-order valence-corrected chi connectivity index (χ2v) is 7.77. The number of nitrogens with one attached hydrogen (secondary N) is 2. The number of rotatable bonds is 8. The van der Waals surface area contributed by atoms with Gasteiger partial charge < -0.3 is 5.32 Å². The Bertz CT molecular complexity index is 993. The molecule has 2 aromatic carbocycles.